The number of nitrogens with zero attached hydrogens (tertiary/aromatic N) is 2. The molecule has 0 aliphatic heterocycles. The summed E-state index contributed by atoms with van der Waals surface area (Å²) in [7, 11) is 0. The van der Waals surface area contributed by atoms with E-state index in [0.717, 1.165) is 5.56 Å². The Morgan fingerprint density at radius 1 is 1.20 bits per heavy atom. The van der Waals surface area contributed by atoms with Crippen LogP contribution in [0.4, 0.5) is 5.69 Å². The van der Waals surface area contributed by atoms with Crippen LogP contribution in [-0.4, -0.2) is 16.3 Å². The summed E-state index contributed by atoms with van der Waals surface area (Å²) >= 11 is 16.9. The van der Waals surface area contributed by atoms with Crippen molar-refractivity contribution in [2.24, 2.45) is 5.10 Å². The second kappa shape index (κ2) is 7.19. The van der Waals surface area contributed by atoms with Crippen LogP contribution in [0.2, 0.25) is 10.0 Å². The molecule has 2 aromatic rings. The molecule has 0 fully saturated rings. The quantitative estimate of drug-likeness (QED) is 0.513. The van der Waals surface area contributed by atoms with Crippen LogP contribution < -0.4 is 10.7 Å². The molecule has 0 saturated carbocycles. The Bertz CT molecular complexity index is 632. The number of hydrogen-bond acceptors (Lipinski definition) is 3. The van der Waals surface area contributed by atoms with Crippen molar-refractivity contribution in [2.75, 3.05) is 5.32 Å². The van der Waals surface area contributed by atoms with Crippen molar-refractivity contribution < 1.29 is 0 Å². The zero-order chi connectivity index (χ0) is 14.4. The van der Waals surface area contributed by atoms with Gasteiger partial charge in [0.25, 0.3) is 0 Å². The van der Waals surface area contributed by atoms with Gasteiger partial charge in [-0.3, -0.25) is 10.4 Å². The largest absolute Gasteiger partial charge is 0.330 e. The molecular weight excluding hydrogens is 315 g/mol. The molecule has 0 amide bonds. The Morgan fingerprint density at radius 2 is 1.95 bits per heavy atom. The van der Waals surface area contributed by atoms with Crippen LogP contribution >= 0.6 is 35.4 Å². The predicted molar refractivity (Wildman–Crippen MR) is 87.6 cm³/mol. The molecule has 2 rings (SSSR count). The highest BCUT2D eigenvalue weighted by molar-refractivity contribution is 7.80. The molecule has 102 valence electrons. The average Bonchev–Trinajstić information content (AvgIpc) is 2.43. The van der Waals surface area contributed by atoms with Gasteiger partial charge in [0, 0.05) is 17.4 Å². The Morgan fingerprint density at radius 3 is 2.65 bits per heavy atom. The van der Waals surface area contributed by atoms with E-state index >= 15 is 0 Å². The maximum Gasteiger partial charge on any atom is 0.191 e. The summed E-state index contributed by atoms with van der Waals surface area (Å²) in [6.45, 7) is 0. The topological polar surface area (TPSA) is 49.3 Å². The van der Waals surface area contributed by atoms with Gasteiger partial charge in [-0.1, -0.05) is 23.2 Å². The first-order valence-corrected chi connectivity index (χ1v) is 6.77. The van der Waals surface area contributed by atoms with Gasteiger partial charge in [-0.05, 0) is 48.1 Å². The highest BCUT2D eigenvalue weighted by Gasteiger charge is 2.02. The monoisotopic (exact) mass is 324 g/mol. The molecule has 1 heterocycles. The van der Waals surface area contributed by atoms with Crippen molar-refractivity contribution in [1.29, 1.82) is 0 Å². The van der Waals surface area contributed by atoms with Crippen LogP contribution in [0, 0.1) is 0 Å². The van der Waals surface area contributed by atoms with Gasteiger partial charge in [-0.2, -0.15) is 5.10 Å². The number of halogens is 2. The standard InChI is InChI=1S/C13H10Cl2N4S/c14-10-1-2-12(11(15)7-10)18-13(20)19-17-8-9-3-5-16-6-4-9/h1-8H,(H2,18,19,20)/b17-8-. The van der Waals surface area contributed by atoms with E-state index in [1.807, 2.05) is 12.1 Å². The van der Waals surface area contributed by atoms with Gasteiger partial charge in [-0.25, -0.2) is 0 Å². The van der Waals surface area contributed by atoms with Crippen molar-refractivity contribution in [2.45, 2.75) is 0 Å². The van der Waals surface area contributed by atoms with E-state index in [-0.39, 0.29) is 0 Å². The molecular formula is C13H10Cl2N4S. The summed E-state index contributed by atoms with van der Waals surface area (Å²) < 4.78 is 0. The molecule has 7 heteroatoms. The number of aromatic nitrogens is 1. The van der Waals surface area contributed by atoms with E-state index < -0.39 is 0 Å². The molecule has 4 nitrogen and oxygen atoms in total. The molecule has 0 aliphatic rings. The van der Waals surface area contributed by atoms with Gasteiger partial charge in [0.1, 0.15) is 0 Å². The summed E-state index contributed by atoms with van der Waals surface area (Å²) in [6.07, 6.45) is 5.01. The molecule has 0 spiro atoms. The normalized spacial score (nSPS) is 10.5. The van der Waals surface area contributed by atoms with E-state index in [2.05, 4.69) is 20.8 Å². The molecule has 0 unspecified atom stereocenters. The van der Waals surface area contributed by atoms with E-state index in [0.29, 0.717) is 20.8 Å². The fraction of sp³-hybridized carbons (Fsp3) is 0. The fourth-order valence-corrected chi connectivity index (χ4v) is 1.97. The number of nitrogens with one attached hydrogen (secondary N) is 2. The minimum atomic E-state index is 0.333. The highest BCUT2D eigenvalue weighted by Crippen LogP contribution is 2.25. The SMILES string of the molecule is S=C(N/N=C\c1ccncc1)Nc1ccc(Cl)cc1Cl. The van der Waals surface area contributed by atoms with Gasteiger partial charge in [0.2, 0.25) is 0 Å². The lowest BCUT2D eigenvalue weighted by Gasteiger charge is -2.08. The molecule has 0 atom stereocenters. The van der Waals surface area contributed by atoms with Gasteiger partial charge in [0.05, 0.1) is 16.9 Å². The minimum absolute atomic E-state index is 0.333. The predicted octanol–water partition coefficient (Wildman–Crippen LogP) is 3.71. The van der Waals surface area contributed by atoms with Gasteiger partial charge >= 0.3 is 0 Å². The zero-order valence-electron chi connectivity index (χ0n) is 10.2. The first-order chi connectivity index (χ1) is 9.65. The number of anilines is 1. The van der Waals surface area contributed by atoms with E-state index in [9.17, 15) is 0 Å². The fourth-order valence-electron chi connectivity index (χ4n) is 1.36. The van der Waals surface area contributed by atoms with Crippen molar-refractivity contribution >= 4 is 52.4 Å². The number of rotatable bonds is 3. The summed E-state index contributed by atoms with van der Waals surface area (Å²) in [4.78, 5) is 3.92. The van der Waals surface area contributed by atoms with Gasteiger partial charge in [-0.15, -0.1) is 0 Å². The average molecular weight is 325 g/mol. The van der Waals surface area contributed by atoms with Crippen molar-refractivity contribution in [3.05, 3.63) is 58.3 Å². The van der Waals surface area contributed by atoms with E-state index in [1.54, 1.807) is 36.8 Å². The lowest BCUT2D eigenvalue weighted by Crippen LogP contribution is -2.24. The van der Waals surface area contributed by atoms with Crippen LogP contribution in [0.1, 0.15) is 5.56 Å². The third-order valence-corrected chi connectivity index (χ3v) is 3.01. The lowest BCUT2D eigenvalue weighted by molar-refractivity contribution is 1.05. The third kappa shape index (κ3) is 4.45. The first kappa shape index (κ1) is 14.7. The molecule has 0 bridgehead atoms. The van der Waals surface area contributed by atoms with Gasteiger partial charge < -0.3 is 5.32 Å². The molecule has 2 N–H and O–H groups in total. The maximum absolute atomic E-state index is 6.02. The second-order valence-corrected chi connectivity index (χ2v) is 4.98. The molecule has 1 aromatic carbocycles. The number of thiocarbonyl (C=S) groups is 1. The molecule has 0 radical (unpaired) electrons. The van der Waals surface area contributed by atoms with Crippen LogP contribution in [0.25, 0.3) is 0 Å². The number of hydrazone groups is 1. The minimum Gasteiger partial charge on any atom is -0.330 e. The van der Waals surface area contributed by atoms with Crippen LogP contribution in [0.15, 0.2) is 47.8 Å². The summed E-state index contributed by atoms with van der Waals surface area (Å²) in [5.74, 6) is 0. The van der Waals surface area contributed by atoms with Crippen LogP contribution in [0.3, 0.4) is 0 Å². The summed E-state index contributed by atoms with van der Waals surface area (Å²) in [5, 5.41) is 8.32. The van der Waals surface area contributed by atoms with Crippen LogP contribution in [0.5, 0.6) is 0 Å². The smallest absolute Gasteiger partial charge is 0.191 e. The molecule has 0 aliphatic carbocycles. The molecule has 1 aromatic heterocycles. The third-order valence-electron chi connectivity index (χ3n) is 2.27. The highest BCUT2D eigenvalue weighted by atomic mass is 35.5. The van der Waals surface area contributed by atoms with Crippen molar-refractivity contribution in [3.8, 4) is 0 Å². The van der Waals surface area contributed by atoms with Crippen molar-refractivity contribution in [1.82, 2.24) is 10.4 Å². The Labute approximate surface area is 131 Å². The Hall–Kier alpha value is -1.69. The summed E-state index contributed by atoms with van der Waals surface area (Å²) in [5.41, 5.74) is 4.28. The number of benzene rings is 1. The Balaban J connectivity index is 1.91. The Kier molecular flexibility index (Phi) is 5.29. The van der Waals surface area contributed by atoms with E-state index in [4.69, 9.17) is 35.4 Å². The number of pyridine rings is 1. The summed E-state index contributed by atoms with van der Waals surface area (Å²) in [6, 6.07) is 8.76. The van der Waals surface area contributed by atoms with Crippen molar-refractivity contribution in [3.63, 3.8) is 0 Å². The maximum atomic E-state index is 6.02. The second-order valence-electron chi connectivity index (χ2n) is 3.73. The van der Waals surface area contributed by atoms with E-state index in [1.165, 1.54) is 0 Å². The van der Waals surface area contributed by atoms with Crippen LogP contribution in [-0.2, 0) is 0 Å². The molecule has 20 heavy (non-hydrogen) atoms. The first-order valence-electron chi connectivity index (χ1n) is 5.60. The lowest BCUT2D eigenvalue weighted by atomic mass is 10.3. The zero-order valence-corrected chi connectivity index (χ0v) is 12.5. The van der Waals surface area contributed by atoms with Gasteiger partial charge in [0.15, 0.2) is 5.11 Å². The number of hydrogen-bond donors (Lipinski definition) is 2. The molecule has 0 saturated heterocycles.